The Morgan fingerprint density at radius 3 is 3.00 bits per heavy atom. The third kappa shape index (κ3) is 3.04. The number of para-hydroxylation sites is 1. The van der Waals surface area contributed by atoms with Gasteiger partial charge in [-0.15, -0.1) is 0 Å². The average molecular weight is 278 g/mol. The van der Waals surface area contributed by atoms with E-state index in [1.165, 1.54) is 0 Å². The van der Waals surface area contributed by atoms with Crippen LogP contribution in [0.4, 0.5) is 0 Å². The first-order chi connectivity index (χ1) is 9.13. The van der Waals surface area contributed by atoms with Crippen LogP contribution in [0.5, 0.6) is 5.75 Å². The summed E-state index contributed by atoms with van der Waals surface area (Å²) in [5, 5.41) is 2.97. The highest BCUT2D eigenvalue weighted by Gasteiger charge is 2.28. The van der Waals surface area contributed by atoms with Crippen molar-refractivity contribution in [3.05, 3.63) is 29.8 Å². The van der Waals surface area contributed by atoms with E-state index in [0.29, 0.717) is 13.0 Å². The molecule has 0 fully saturated rings. The molecule has 2 atom stereocenters. The molecule has 1 aromatic carbocycles. The van der Waals surface area contributed by atoms with E-state index in [1.54, 1.807) is 0 Å². The lowest BCUT2D eigenvalue weighted by molar-refractivity contribution is -0.124. The summed E-state index contributed by atoms with van der Waals surface area (Å²) in [6.45, 7) is 2.47. The Hall–Kier alpha value is -1.62. The lowest BCUT2D eigenvalue weighted by Crippen LogP contribution is -2.40. The maximum absolute atomic E-state index is 12.2. The van der Waals surface area contributed by atoms with Gasteiger partial charge < -0.3 is 15.8 Å². The Morgan fingerprint density at radius 2 is 2.32 bits per heavy atom. The normalized spacial score (nSPS) is 18.3. The van der Waals surface area contributed by atoms with Gasteiger partial charge in [0.05, 0.1) is 16.9 Å². The number of fused-ring (bicyclic) bond motifs is 1. The second kappa shape index (κ2) is 6.02. The number of rotatable bonds is 5. The second-order valence-corrected chi connectivity index (χ2v) is 5.13. The number of hydrogen-bond donors (Lipinski definition) is 2. The summed E-state index contributed by atoms with van der Waals surface area (Å²) in [5.41, 5.74) is 6.64. The SMILES string of the molecule is CCCC(C(=O)NC1COc2ccccc21)C(N)=S. The van der Waals surface area contributed by atoms with E-state index >= 15 is 0 Å². The summed E-state index contributed by atoms with van der Waals surface area (Å²) >= 11 is 4.96. The van der Waals surface area contributed by atoms with E-state index in [9.17, 15) is 4.79 Å². The molecule has 1 aromatic rings. The van der Waals surface area contributed by atoms with Crippen molar-refractivity contribution in [1.82, 2.24) is 5.32 Å². The fourth-order valence-corrected chi connectivity index (χ4v) is 2.47. The van der Waals surface area contributed by atoms with Crippen LogP contribution in [0.25, 0.3) is 0 Å². The van der Waals surface area contributed by atoms with Crippen molar-refractivity contribution in [3.8, 4) is 5.75 Å². The maximum Gasteiger partial charge on any atom is 0.230 e. The van der Waals surface area contributed by atoms with Crippen LogP contribution in [0.15, 0.2) is 24.3 Å². The second-order valence-electron chi connectivity index (χ2n) is 4.65. The molecule has 0 aliphatic carbocycles. The fourth-order valence-electron chi connectivity index (χ4n) is 2.25. The van der Waals surface area contributed by atoms with Crippen molar-refractivity contribution < 1.29 is 9.53 Å². The molecule has 1 aliphatic rings. The Bertz CT molecular complexity index is 490. The van der Waals surface area contributed by atoms with E-state index in [0.717, 1.165) is 17.7 Å². The molecule has 2 rings (SSSR count). The molecule has 1 amide bonds. The molecule has 0 aromatic heterocycles. The fraction of sp³-hybridized carbons (Fsp3) is 0.429. The highest BCUT2D eigenvalue weighted by Crippen LogP contribution is 2.31. The Morgan fingerprint density at radius 1 is 1.58 bits per heavy atom. The highest BCUT2D eigenvalue weighted by atomic mass is 32.1. The van der Waals surface area contributed by atoms with E-state index in [-0.39, 0.29) is 16.9 Å². The van der Waals surface area contributed by atoms with E-state index in [2.05, 4.69) is 5.32 Å². The molecule has 19 heavy (non-hydrogen) atoms. The van der Waals surface area contributed by atoms with Crippen molar-refractivity contribution in [1.29, 1.82) is 0 Å². The predicted octanol–water partition coefficient (Wildman–Crippen LogP) is 1.94. The number of benzene rings is 1. The predicted molar refractivity (Wildman–Crippen MR) is 78.0 cm³/mol. The van der Waals surface area contributed by atoms with Gasteiger partial charge in [-0.05, 0) is 12.5 Å². The molecule has 1 aliphatic heterocycles. The first-order valence-electron chi connectivity index (χ1n) is 6.45. The molecule has 2 unspecified atom stereocenters. The average Bonchev–Trinajstić information content (AvgIpc) is 2.79. The molecule has 0 saturated carbocycles. The molecule has 0 spiro atoms. The van der Waals surface area contributed by atoms with Gasteiger partial charge in [0.2, 0.25) is 5.91 Å². The molecule has 0 bridgehead atoms. The van der Waals surface area contributed by atoms with Crippen LogP contribution in [0.2, 0.25) is 0 Å². The van der Waals surface area contributed by atoms with Crippen molar-refractivity contribution in [3.63, 3.8) is 0 Å². The number of carbonyl (C=O) groups is 1. The van der Waals surface area contributed by atoms with Gasteiger partial charge >= 0.3 is 0 Å². The van der Waals surface area contributed by atoms with Crippen LogP contribution >= 0.6 is 12.2 Å². The summed E-state index contributed by atoms with van der Waals surface area (Å²) in [7, 11) is 0. The monoisotopic (exact) mass is 278 g/mol. The first kappa shape index (κ1) is 13.8. The van der Waals surface area contributed by atoms with Gasteiger partial charge in [-0.1, -0.05) is 43.8 Å². The topological polar surface area (TPSA) is 64.3 Å². The van der Waals surface area contributed by atoms with Gasteiger partial charge in [0.15, 0.2) is 0 Å². The first-order valence-corrected chi connectivity index (χ1v) is 6.85. The molecule has 3 N–H and O–H groups in total. The summed E-state index contributed by atoms with van der Waals surface area (Å²) in [5.74, 6) is 0.322. The van der Waals surface area contributed by atoms with Crippen molar-refractivity contribution in [2.75, 3.05) is 6.61 Å². The van der Waals surface area contributed by atoms with E-state index < -0.39 is 5.92 Å². The van der Waals surface area contributed by atoms with Gasteiger partial charge in [-0.3, -0.25) is 4.79 Å². The summed E-state index contributed by atoms with van der Waals surface area (Å²) in [6.07, 6.45) is 1.55. The molecular formula is C14H18N2O2S. The molecule has 1 heterocycles. The zero-order valence-electron chi connectivity index (χ0n) is 10.9. The number of thiocarbonyl (C=S) groups is 1. The molecule has 4 nitrogen and oxygen atoms in total. The van der Waals surface area contributed by atoms with Crippen LogP contribution in [0, 0.1) is 5.92 Å². The van der Waals surface area contributed by atoms with Gasteiger partial charge in [-0.2, -0.15) is 0 Å². The van der Waals surface area contributed by atoms with Crippen LogP contribution in [0.1, 0.15) is 31.4 Å². The number of hydrogen-bond acceptors (Lipinski definition) is 3. The lowest BCUT2D eigenvalue weighted by atomic mass is 10.0. The highest BCUT2D eigenvalue weighted by molar-refractivity contribution is 7.80. The van der Waals surface area contributed by atoms with Crippen LogP contribution in [0.3, 0.4) is 0 Å². The van der Waals surface area contributed by atoms with Crippen LogP contribution in [-0.2, 0) is 4.79 Å². The minimum atomic E-state index is -0.396. The minimum absolute atomic E-state index is 0.111. The van der Waals surface area contributed by atoms with Gasteiger partial charge in [-0.25, -0.2) is 0 Å². The summed E-state index contributed by atoms with van der Waals surface area (Å²) < 4.78 is 5.53. The van der Waals surface area contributed by atoms with Crippen molar-refractivity contribution >= 4 is 23.1 Å². The van der Waals surface area contributed by atoms with Crippen LogP contribution in [-0.4, -0.2) is 17.5 Å². The number of ether oxygens (including phenoxy) is 1. The Balaban J connectivity index is 2.06. The van der Waals surface area contributed by atoms with E-state index in [4.69, 9.17) is 22.7 Å². The zero-order chi connectivity index (χ0) is 13.8. The molecular weight excluding hydrogens is 260 g/mol. The molecule has 0 radical (unpaired) electrons. The maximum atomic E-state index is 12.2. The van der Waals surface area contributed by atoms with Crippen molar-refractivity contribution in [2.24, 2.45) is 11.7 Å². The third-order valence-electron chi connectivity index (χ3n) is 3.25. The minimum Gasteiger partial charge on any atom is -0.491 e. The molecule has 0 saturated heterocycles. The van der Waals surface area contributed by atoms with Crippen molar-refractivity contribution in [2.45, 2.75) is 25.8 Å². The van der Waals surface area contributed by atoms with Gasteiger partial charge in [0.25, 0.3) is 0 Å². The lowest BCUT2D eigenvalue weighted by Gasteiger charge is -2.18. The zero-order valence-corrected chi connectivity index (χ0v) is 11.7. The Kier molecular flexibility index (Phi) is 4.37. The smallest absolute Gasteiger partial charge is 0.230 e. The Labute approximate surface area is 118 Å². The van der Waals surface area contributed by atoms with Gasteiger partial charge in [0.1, 0.15) is 12.4 Å². The quantitative estimate of drug-likeness (QED) is 0.808. The summed E-state index contributed by atoms with van der Waals surface area (Å²) in [6, 6.07) is 7.60. The van der Waals surface area contributed by atoms with E-state index in [1.807, 2.05) is 31.2 Å². The number of nitrogens with two attached hydrogens (primary N) is 1. The molecule has 5 heteroatoms. The summed E-state index contributed by atoms with van der Waals surface area (Å²) in [4.78, 5) is 12.5. The van der Waals surface area contributed by atoms with Gasteiger partial charge in [0, 0.05) is 5.56 Å². The number of carbonyl (C=O) groups excluding carboxylic acids is 1. The molecule has 102 valence electrons. The van der Waals surface area contributed by atoms with Crippen LogP contribution < -0.4 is 15.8 Å². The number of amides is 1. The third-order valence-corrected chi connectivity index (χ3v) is 3.54. The number of nitrogens with one attached hydrogen (secondary N) is 1. The standard InChI is InChI=1S/C14H18N2O2S/c1-2-5-10(13(15)19)14(17)16-11-8-18-12-7-4-3-6-9(11)12/h3-4,6-7,10-11H,2,5,8H2,1H3,(H2,15,19)(H,16,17). The largest absolute Gasteiger partial charge is 0.491 e.